The molecule has 0 unspecified atom stereocenters. The molecule has 0 atom stereocenters. The molecule has 0 aliphatic heterocycles. The molecular formula is C10H14N2O2. The van der Waals surface area contributed by atoms with Crippen LogP contribution < -0.4 is 0 Å². The van der Waals surface area contributed by atoms with Gasteiger partial charge in [-0.15, -0.1) is 0 Å². The fraction of sp³-hybridized carbons (Fsp3) is 0.400. The lowest BCUT2D eigenvalue weighted by molar-refractivity contribution is -0.400. The minimum atomic E-state index is -0.446. The normalized spacial score (nSPS) is 11.1. The second-order valence-electron chi connectivity index (χ2n) is 3.17. The molecule has 76 valence electrons. The number of nitrogens with zero attached hydrogens (tertiary/aromatic N) is 2. The molecule has 14 heavy (non-hydrogen) atoms. The maximum absolute atomic E-state index is 10.2. The molecular weight excluding hydrogens is 180 g/mol. The summed E-state index contributed by atoms with van der Waals surface area (Å²) in [6.45, 7) is 6.92. The Morgan fingerprint density at radius 3 is 2.64 bits per heavy atom. The molecule has 1 aromatic rings. The Morgan fingerprint density at radius 2 is 2.21 bits per heavy atom. The van der Waals surface area contributed by atoms with E-state index < -0.39 is 4.92 Å². The standard InChI is InChI=1S/C10H14N2O2/c1-4-11-8(2)7-10(9(11)3)5-6-12(13)14/h5-7H,4H2,1-3H3/b6-5-. The highest BCUT2D eigenvalue weighted by molar-refractivity contribution is 5.52. The predicted octanol–water partition coefficient (Wildman–Crippen LogP) is 2.37. The highest BCUT2D eigenvalue weighted by Gasteiger charge is 2.05. The second-order valence-corrected chi connectivity index (χ2v) is 3.17. The van der Waals surface area contributed by atoms with Crippen molar-refractivity contribution in [2.24, 2.45) is 0 Å². The summed E-state index contributed by atoms with van der Waals surface area (Å²) in [5, 5.41) is 10.2. The third-order valence-corrected chi connectivity index (χ3v) is 2.30. The van der Waals surface area contributed by atoms with Gasteiger partial charge in [0.25, 0.3) is 0 Å². The largest absolute Gasteiger partial charge is 0.349 e. The van der Waals surface area contributed by atoms with Crippen molar-refractivity contribution in [2.75, 3.05) is 0 Å². The highest BCUT2D eigenvalue weighted by atomic mass is 16.6. The van der Waals surface area contributed by atoms with Crippen molar-refractivity contribution in [1.29, 1.82) is 0 Å². The van der Waals surface area contributed by atoms with Crippen LogP contribution in [-0.4, -0.2) is 9.49 Å². The molecule has 1 aromatic heterocycles. The molecule has 0 saturated carbocycles. The van der Waals surface area contributed by atoms with Gasteiger partial charge in [-0.25, -0.2) is 0 Å². The minimum Gasteiger partial charge on any atom is -0.349 e. The molecule has 1 rings (SSSR count). The zero-order chi connectivity index (χ0) is 10.7. The van der Waals surface area contributed by atoms with Crippen LogP contribution in [0.1, 0.15) is 23.9 Å². The van der Waals surface area contributed by atoms with Crippen LogP contribution in [0, 0.1) is 24.0 Å². The minimum absolute atomic E-state index is 0.446. The van der Waals surface area contributed by atoms with Crippen molar-refractivity contribution >= 4 is 6.08 Å². The first-order valence-electron chi connectivity index (χ1n) is 4.54. The molecule has 4 heteroatoms. The van der Waals surface area contributed by atoms with Crippen molar-refractivity contribution in [3.63, 3.8) is 0 Å². The lowest BCUT2D eigenvalue weighted by atomic mass is 10.2. The predicted molar refractivity (Wildman–Crippen MR) is 55.6 cm³/mol. The fourth-order valence-electron chi connectivity index (χ4n) is 1.62. The molecule has 0 aromatic carbocycles. The summed E-state index contributed by atoms with van der Waals surface area (Å²) in [4.78, 5) is 9.71. The van der Waals surface area contributed by atoms with Gasteiger partial charge in [0.1, 0.15) is 0 Å². The first-order chi connectivity index (χ1) is 6.56. The van der Waals surface area contributed by atoms with E-state index in [1.54, 1.807) is 0 Å². The van der Waals surface area contributed by atoms with E-state index in [-0.39, 0.29) is 0 Å². The van der Waals surface area contributed by atoms with E-state index in [1.165, 1.54) is 6.08 Å². The Labute approximate surface area is 83.0 Å². The molecule has 0 bridgehead atoms. The molecule has 0 N–H and O–H groups in total. The summed E-state index contributed by atoms with van der Waals surface area (Å²) in [6.07, 6.45) is 2.51. The van der Waals surface area contributed by atoms with Gasteiger partial charge in [0.15, 0.2) is 0 Å². The average molecular weight is 194 g/mol. The summed E-state index contributed by atoms with van der Waals surface area (Å²) in [5.41, 5.74) is 3.12. The monoisotopic (exact) mass is 194 g/mol. The van der Waals surface area contributed by atoms with Crippen LogP contribution in [0.15, 0.2) is 12.3 Å². The smallest absolute Gasteiger partial charge is 0.235 e. The number of rotatable bonds is 3. The maximum atomic E-state index is 10.2. The SMILES string of the molecule is CCn1c(C)cc(/C=C\[N+](=O)[O-])c1C. The molecule has 0 fully saturated rings. The van der Waals surface area contributed by atoms with Crippen LogP contribution in [0.25, 0.3) is 6.08 Å². The van der Waals surface area contributed by atoms with Crippen molar-refractivity contribution in [2.45, 2.75) is 27.3 Å². The zero-order valence-electron chi connectivity index (χ0n) is 8.65. The Balaban J connectivity index is 3.05. The second kappa shape index (κ2) is 4.09. The topological polar surface area (TPSA) is 48.1 Å². The van der Waals surface area contributed by atoms with Crippen molar-refractivity contribution in [3.05, 3.63) is 39.3 Å². The maximum Gasteiger partial charge on any atom is 0.235 e. The van der Waals surface area contributed by atoms with Crippen LogP contribution in [-0.2, 0) is 6.54 Å². The Hall–Kier alpha value is -1.58. The molecule has 0 aliphatic carbocycles. The average Bonchev–Trinajstić information content (AvgIpc) is 2.38. The van der Waals surface area contributed by atoms with E-state index >= 15 is 0 Å². The molecule has 0 amide bonds. The summed E-state index contributed by atoms with van der Waals surface area (Å²) < 4.78 is 2.12. The van der Waals surface area contributed by atoms with E-state index in [0.717, 1.165) is 29.7 Å². The lowest BCUT2D eigenvalue weighted by Crippen LogP contribution is -1.98. The van der Waals surface area contributed by atoms with Gasteiger partial charge in [-0.1, -0.05) is 0 Å². The first kappa shape index (κ1) is 10.5. The number of nitro groups is 1. The molecule has 0 radical (unpaired) electrons. The Bertz CT molecular complexity index is 378. The van der Waals surface area contributed by atoms with E-state index in [1.807, 2.05) is 19.9 Å². The van der Waals surface area contributed by atoms with Gasteiger partial charge in [-0.2, -0.15) is 0 Å². The van der Waals surface area contributed by atoms with Crippen LogP contribution in [0.3, 0.4) is 0 Å². The van der Waals surface area contributed by atoms with Gasteiger partial charge < -0.3 is 4.57 Å². The molecule has 0 aliphatic rings. The quantitative estimate of drug-likeness (QED) is 0.547. The fourth-order valence-corrected chi connectivity index (χ4v) is 1.62. The van der Waals surface area contributed by atoms with Gasteiger partial charge in [-0.05, 0) is 26.8 Å². The third kappa shape index (κ3) is 2.02. The molecule has 0 saturated heterocycles. The van der Waals surface area contributed by atoms with Gasteiger partial charge in [-0.3, -0.25) is 10.1 Å². The van der Waals surface area contributed by atoms with Gasteiger partial charge in [0.05, 0.1) is 4.92 Å². The van der Waals surface area contributed by atoms with Gasteiger partial charge in [0.2, 0.25) is 6.20 Å². The highest BCUT2D eigenvalue weighted by Crippen LogP contribution is 2.16. The number of hydrogen-bond donors (Lipinski definition) is 0. The summed E-state index contributed by atoms with van der Waals surface area (Å²) in [6, 6.07) is 1.96. The van der Waals surface area contributed by atoms with Crippen LogP contribution >= 0.6 is 0 Å². The van der Waals surface area contributed by atoms with E-state index in [0.29, 0.717) is 0 Å². The summed E-state index contributed by atoms with van der Waals surface area (Å²) in [7, 11) is 0. The van der Waals surface area contributed by atoms with E-state index in [2.05, 4.69) is 11.5 Å². The molecule has 1 heterocycles. The Morgan fingerprint density at radius 1 is 1.57 bits per heavy atom. The number of aromatic nitrogens is 1. The number of hydrogen-bond acceptors (Lipinski definition) is 2. The van der Waals surface area contributed by atoms with Crippen LogP contribution in [0.4, 0.5) is 0 Å². The van der Waals surface area contributed by atoms with Gasteiger partial charge >= 0.3 is 0 Å². The van der Waals surface area contributed by atoms with Crippen molar-refractivity contribution < 1.29 is 4.92 Å². The van der Waals surface area contributed by atoms with Gasteiger partial charge in [0, 0.05) is 29.6 Å². The summed E-state index contributed by atoms with van der Waals surface area (Å²) >= 11 is 0. The van der Waals surface area contributed by atoms with E-state index in [9.17, 15) is 10.1 Å². The number of aryl methyl sites for hydroxylation is 1. The first-order valence-corrected chi connectivity index (χ1v) is 4.54. The van der Waals surface area contributed by atoms with E-state index in [4.69, 9.17) is 0 Å². The Kier molecular flexibility index (Phi) is 3.06. The molecule has 4 nitrogen and oxygen atoms in total. The lowest BCUT2D eigenvalue weighted by Gasteiger charge is -2.03. The summed E-state index contributed by atoms with van der Waals surface area (Å²) in [5.74, 6) is 0. The third-order valence-electron chi connectivity index (χ3n) is 2.30. The zero-order valence-corrected chi connectivity index (χ0v) is 8.65. The van der Waals surface area contributed by atoms with Crippen molar-refractivity contribution in [1.82, 2.24) is 4.57 Å². The molecule has 0 spiro atoms. The van der Waals surface area contributed by atoms with Crippen molar-refractivity contribution in [3.8, 4) is 0 Å². The van der Waals surface area contributed by atoms with Crippen LogP contribution in [0.5, 0.6) is 0 Å². The van der Waals surface area contributed by atoms with Crippen LogP contribution in [0.2, 0.25) is 0 Å².